The van der Waals surface area contributed by atoms with Gasteiger partial charge < -0.3 is 25.2 Å². The Morgan fingerprint density at radius 1 is 0.977 bits per heavy atom. The molecule has 1 aliphatic carbocycles. The molecule has 0 amide bonds. The molecule has 0 bridgehead atoms. The molecule has 1 aromatic carbocycles. The average molecular weight is 646 g/mol. The van der Waals surface area contributed by atoms with Crippen molar-refractivity contribution in [3.05, 3.63) is 58.6 Å². The van der Waals surface area contributed by atoms with Gasteiger partial charge in [0.1, 0.15) is 35.5 Å². The number of aliphatic hydroxyl groups is 4. The van der Waals surface area contributed by atoms with E-state index in [0.717, 1.165) is 16.4 Å². The molecular weight excluding hydrogens is 613 g/mol. The fourth-order valence-electron chi connectivity index (χ4n) is 5.62. The Morgan fingerprint density at radius 3 is 2.20 bits per heavy atom. The standard InChI is InChI=1S/C28H32F5N5O5S/c1-12-13(2)35-21(14(3)34-12)25(27(42)4-6-28(32,33)7-5-27)44-26-24(41)22(23(40)19(11-39)43-26)38-10-18(36-37-38)15-8-16(29)20(31)17(30)9-15/h8-10,19,22-26,39-42H,4-7,11H2,1-3H3/t19-,22+,23+,24-,25?,26+/m1/s1. The zero-order valence-corrected chi connectivity index (χ0v) is 24.8. The van der Waals surface area contributed by atoms with E-state index in [2.05, 4.69) is 20.3 Å². The number of alkyl halides is 2. The first kappa shape index (κ1) is 32.6. The van der Waals surface area contributed by atoms with Crippen molar-refractivity contribution < 1.29 is 47.1 Å². The lowest BCUT2D eigenvalue weighted by atomic mass is 9.79. The molecule has 3 heterocycles. The van der Waals surface area contributed by atoms with Crippen LogP contribution in [0.4, 0.5) is 22.0 Å². The number of hydrogen-bond acceptors (Lipinski definition) is 10. The van der Waals surface area contributed by atoms with Crippen LogP contribution < -0.4 is 0 Å². The Morgan fingerprint density at radius 2 is 1.59 bits per heavy atom. The van der Waals surface area contributed by atoms with E-state index in [0.29, 0.717) is 34.9 Å². The number of rotatable bonds is 7. The third-order valence-corrected chi connectivity index (χ3v) is 9.91. The summed E-state index contributed by atoms with van der Waals surface area (Å²) in [4.78, 5) is 9.12. The van der Waals surface area contributed by atoms with E-state index in [1.165, 1.54) is 6.20 Å². The summed E-state index contributed by atoms with van der Waals surface area (Å²) in [6.45, 7) is 4.45. The molecule has 0 radical (unpaired) electrons. The van der Waals surface area contributed by atoms with Crippen LogP contribution in [-0.4, -0.2) is 87.3 Å². The molecule has 16 heteroatoms. The van der Waals surface area contributed by atoms with E-state index in [-0.39, 0.29) is 24.1 Å². The van der Waals surface area contributed by atoms with Gasteiger partial charge in [-0.1, -0.05) is 5.21 Å². The topological polar surface area (TPSA) is 147 Å². The van der Waals surface area contributed by atoms with Crippen LogP contribution in [0.3, 0.4) is 0 Å². The lowest BCUT2D eigenvalue weighted by Gasteiger charge is -2.46. The highest BCUT2D eigenvalue weighted by Crippen LogP contribution is 2.52. The van der Waals surface area contributed by atoms with E-state index in [4.69, 9.17) is 4.74 Å². The maximum atomic E-state index is 14.2. The van der Waals surface area contributed by atoms with Crippen molar-refractivity contribution in [2.45, 2.75) is 93.0 Å². The number of halogens is 5. The second-order valence-electron chi connectivity index (χ2n) is 11.4. The molecule has 1 saturated heterocycles. The quantitative estimate of drug-likeness (QED) is 0.223. The molecule has 44 heavy (non-hydrogen) atoms. The van der Waals surface area contributed by atoms with E-state index in [1.54, 1.807) is 20.8 Å². The van der Waals surface area contributed by atoms with Crippen LogP contribution >= 0.6 is 11.8 Å². The minimum atomic E-state index is -2.95. The monoisotopic (exact) mass is 645 g/mol. The molecule has 0 spiro atoms. The van der Waals surface area contributed by atoms with E-state index in [9.17, 15) is 42.4 Å². The van der Waals surface area contributed by atoms with Gasteiger partial charge in [0.05, 0.1) is 46.4 Å². The van der Waals surface area contributed by atoms with Crippen LogP contribution in [0.25, 0.3) is 11.3 Å². The molecule has 240 valence electrons. The van der Waals surface area contributed by atoms with Crippen molar-refractivity contribution in [2.75, 3.05) is 6.61 Å². The van der Waals surface area contributed by atoms with Crippen molar-refractivity contribution >= 4 is 11.8 Å². The van der Waals surface area contributed by atoms with Gasteiger partial charge in [0.25, 0.3) is 0 Å². The largest absolute Gasteiger partial charge is 0.394 e. The predicted octanol–water partition coefficient (Wildman–Crippen LogP) is 3.47. The van der Waals surface area contributed by atoms with Crippen molar-refractivity contribution in [3.63, 3.8) is 0 Å². The molecule has 2 fully saturated rings. The van der Waals surface area contributed by atoms with Crippen molar-refractivity contribution in [3.8, 4) is 11.3 Å². The minimum absolute atomic E-state index is 0.102. The third-order valence-electron chi connectivity index (χ3n) is 8.32. The molecule has 1 unspecified atom stereocenters. The molecule has 1 aliphatic heterocycles. The lowest BCUT2D eigenvalue weighted by molar-refractivity contribution is -0.179. The third kappa shape index (κ3) is 6.20. The first-order chi connectivity index (χ1) is 20.6. The molecule has 3 aromatic rings. The van der Waals surface area contributed by atoms with Crippen LogP contribution in [0.2, 0.25) is 0 Å². The zero-order chi connectivity index (χ0) is 32.1. The van der Waals surface area contributed by atoms with Gasteiger partial charge in [-0.25, -0.2) is 26.6 Å². The number of thioether (sulfide) groups is 1. The Bertz CT molecular complexity index is 1500. The number of nitrogens with zero attached hydrogens (tertiary/aromatic N) is 5. The summed E-state index contributed by atoms with van der Waals surface area (Å²) in [6.07, 6.45) is -4.93. The highest BCUT2D eigenvalue weighted by atomic mass is 32.2. The summed E-state index contributed by atoms with van der Waals surface area (Å²) in [5.41, 5.74) is -1.29. The lowest BCUT2D eigenvalue weighted by Crippen LogP contribution is -2.55. The Kier molecular flexibility index (Phi) is 9.05. The number of aryl methyl sites for hydroxylation is 3. The normalized spacial score (nSPS) is 27.3. The number of ether oxygens (including phenoxy) is 1. The van der Waals surface area contributed by atoms with Crippen LogP contribution in [0, 0.1) is 38.2 Å². The first-order valence-electron chi connectivity index (χ1n) is 13.9. The van der Waals surface area contributed by atoms with Crippen molar-refractivity contribution in [1.29, 1.82) is 0 Å². The molecular formula is C28H32F5N5O5S. The first-order valence-corrected chi connectivity index (χ1v) is 14.8. The maximum absolute atomic E-state index is 14.2. The average Bonchev–Trinajstić information content (AvgIpc) is 3.45. The Balaban J connectivity index is 1.50. The molecule has 6 atom stereocenters. The van der Waals surface area contributed by atoms with Crippen LogP contribution in [0.15, 0.2) is 18.3 Å². The van der Waals surface area contributed by atoms with Gasteiger partial charge in [-0.2, -0.15) is 0 Å². The highest BCUT2D eigenvalue weighted by Gasteiger charge is 2.52. The zero-order valence-electron chi connectivity index (χ0n) is 24.0. The van der Waals surface area contributed by atoms with Gasteiger partial charge in [-0.05, 0) is 45.7 Å². The van der Waals surface area contributed by atoms with Crippen LogP contribution in [0.1, 0.15) is 59.8 Å². The van der Waals surface area contributed by atoms with Gasteiger partial charge >= 0.3 is 0 Å². The molecule has 1 saturated carbocycles. The van der Waals surface area contributed by atoms with Gasteiger partial charge in [0.15, 0.2) is 17.5 Å². The van der Waals surface area contributed by atoms with E-state index in [1.807, 2.05) is 0 Å². The van der Waals surface area contributed by atoms with Gasteiger partial charge in [-0.3, -0.25) is 9.97 Å². The number of hydrogen-bond donors (Lipinski definition) is 4. The van der Waals surface area contributed by atoms with Gasteiger partial charge in [-0.15, -0.1) is 16.9 Å². The van der Waals surface area contributed by atoms with Crippen molar-refractivity contribution in [2.24, 2.45) is 0 Å². The van der Waals surface area contributed by atoms with Crippen LogP contribution in [-0.2, 0) is 4.74 Å². The maximum Gasteiger partial charge on any atom is 0.248 e. The number of benzene rings is 1. The second kappa shape index (κ2) is 12.2. The fourth-order valence-corrected chi connectivity index (χ4v) is 7.26. The fraction of sp³-hybridized carbons (Fsp3) is 0.571. The molecule has 10 nitrogen and oxygen atoms in total. The second-order valence-corrected chi connectivity index (χ2v) is 12.6. The molecule has 4 N–H and O–H groups in total. The van der Waals surface area contributed by atoms with Gasteiger partial charge in [0, 0.05) is 18.4 Å². The number of aromatic nitrogens is 5. The summed E-state index contributed by atoms with van der Waals surface area (Å²) in [7, 11) is 0. The summed E-state index contributed by atoms with van der Waals surface area (Å²) in [6, 6.07) is 0.0998. The predicted molar refractivity (Wildman–Crippen MR) is 147 cm³/mol. The van der Waals surface area contributed by atoms with E-state index < -0.39 is 83.5 Å². The number of aliphatic hydroxyl groups excluding tert-OH is 3. The summed E-state index contributed by atoms with van der Waals surface area (Å²) < 4.78 is 76.4. The highest BCUT2D eigenvalue weighted by molar-refractivity contribution is 8.00. The SMILES string of the molecule is Cc1nc(C)c(C(S[C@@H]2O[C@H](CO)[C@H](O)[C@H](n3cc(-c4cc(F)c(F)c(F)c4)nn3)[C@H]2O)C2(O)CCC(F)(F)CC2)nc1C. The summed E-state index contributed by atoms with van der Waals surface area (Å²) in [5.74, 6) is -7.52. The smallest absolute Gasteiger partial charge is 0.248 e. The van der Waals surface area contributed by atoms with Crippen molar-refractivity contribution in [1.82, 2.24) is 25.0 Å². The summed E-state index contributed by atoms with van der Waals surface area (Å²) in [5, 5.41) is 51.1. The minimum Gasteiger partial charge on any atom is -0.394 e. The Hall–Kier alpha value is -2.76. The van der Waals surface area contributed by atoms with Crippen LogP contribution in [0.5, 0.6) is 0 Å². The summed E-state index contributed by atoms with van der Waals surface area (Å²) >= 11 is 0.895. The molecule has 2 aromatic heterocycles. The molecule has 2 aliphatic rings. The molecule has 5 rings (SSSR count). The Labute approximate surface area is 253 Å². The van der Waals surface area contributed by atoms with Gasteiger partial charge in [0.2, 0.25) is 5.92 Å². The van der Waals surface area contributed by atoms with E-state index >= 15 is 0 Å².